The molecule has 3 rings (SSSR count). The maximum absolute atomic E-state index is 9.85. The highest BCUT2D eigenvalue weighted by Gasteiger charge is 2.39. The van der Waals surface area contributed by atoms with Gasteiger partial charge in [0, 0.05) is 12.0 Å². The Labute approximate surface area is 84.9 Å². The summed E-state index contributed by atoms with van der Waals surface area (Å²) in [5, 5.41) is 9.85. The van der Waals surface area contributed by atoms with Crippen LogP contribution in [-0.2, 0) is 0 Å². The molecular weight excluding hydrogens is 174 g/mol. The lowest BCUT2D eigenvalue weighted by molar-refractivity contribution is 0.0875. The fraction of sp³-hybridized carbons (Fsp3) is 0.667. The topological polar surface area (TPSA) is 23.5 Å². The third kappa shape index (κ3) is 1.13. The van der Waals surface area contributed by atoms with Gasteiger partial charge in [-0.25, -0.2) is 0 Å². The van der Waals surface area contributed by atoms with E-state index in [1.165, 1.54) is 38.8 Å². The normalized spacial score (nSPS) is 37.1. The summed E-state index contributed by atoms with van der Waals surface area (Å²) >= 11 is 0. The van der Waals surface area contributed by atoms with Crippen LogP contribution in [0.3, 0.4) is 0 Å². The summed E-state index contributed by atoms with van der Waals surface area (Å²) in [5.41, 5.74) is 1.55. The van der Waals surface area contributed by atoms with Crippen LogP contribution < -0.4 is 0 Å². The fourth-order valence-corrected chi connectivity index (χ4v) is 3.25. The Balaban J connectivity index is 1.98. The van der Waals surface area contributed by atoms with Crippen molar-refractivity contribution in [1.29, 1.82) is 0 Å². The van der Waals surface area contributed by atoms with Gasteiger partial charge in [0.1, 0.15) is 0 Å². The van der Waals surface area contributed by atoms with Crippen LogP contribution in [0.25, 0.3) is 0 Å². The maximum atomic E-state index is 9.85. The molecule has 1 N–H and O–H groups in total. The molecule has 0 radical (unpaired) electrons. The minimum absolute atomic E-state index is 0.407. The second kappa shape index (κ2) is 3.13. The minimum Gasteiger partial charge on any atom is -0.512 e. The van der Waals surface area contributed by atoms with Crippen molar-refractivity contribution >= 4 is 0 Å². The van der Waals surface area contributed by atoms with Crippen LogP contribution in [-0.4, -0.2) is 29.1 Å². The summed E-state index contributed by atoms with van der Waals surface area (Å²) in [4.78, 5) is 2.56. The lowest BCUT2D eigenvalue weighted by Gasteiger charge is -2.46. The standard InChI is InChI=1S/C12H17NO/c14-11-6-5-9-3-1-7-13-8-2-4-10(11)12(9)13/h5-6,10,12,14H,1-4,7-8H2. The number of hydrogen-bond acceptors (Lipinski definition) is 2. The molecular formula is C12H17NO. The number of piperidine rings is 2. The highest BCUT2D eigenvalue weighted by Crippen LogP contribution is 2.39. The molecule has 1 aliphatic carbocycles. The van der Waals surface area contributed by atoms with Crippen molar-refractivity contribution in [1.82, 2.24) is 4.90 Å². The molecule has 0 aromatic heterocycles. The average molecular weight is 191 g/mol. The molecule has 2 unspecified atom stereocenters. The molecule has 0 spiro atoms. The molecule has 2 heteroatoms. The van der Waals surface area contributed by atoms with E-state index >= 15 is 0 Å². The van der Waals surface area contributed by atoms with E-state index in [1.54, 1.807) is 5.57 Å². The summed E-state index contributed by atoms with van der Waals surface area (Å²) in [5.74, 6) is 1.02. The minimum atomic E-state index is 0.407. The monoisotopic (exact) mass is 191 g/mol. The zero-order valence-electron chi connectivity index (χ0n) is 8.45. The quantitative estimate of drug-likeness (QED) is 0.634. The smallest absolute Gasteiger partial charge is 0.0972 e. The van der Waals surface area contributed by atoms with Gasteiger partial charge in [0.05, 0.1) is 5.76 Å². The van der Waals surface area contributed by atoms with Crippen molar-refractivity contribution in [2.24, 2.45) is 5.92 Å². The molecule has 2 atom stereocenters. The third-order valence-electron chi connectivity index (χ3n) is 3.87. The van der Waals surface area contributed by atoms with E-state index in [9.17, 15) is 5.11 Å². The summed E-state index contributed by atoms with van der Waals surface area (Å²) in [6.45, 7) is 2.46. The van der Waals surface area contributed by atoms with Crippen LogP contribution in [0.2, 0.25) is 0 Å². The van der Waals surface area contributed by atoms with Crippen LogP contribution in [0.15, 0.2) is 23.5 Å². The van der Waals surface area contributed by atoms with E-state index in [2.05, 4.69) is 11.0 Å². The second-order valence-electron chi connectivity index (χ2n) is 4.67. The first-order valence-electron chi connectivity index (χ1n) is 5.70. The predicted octanol–water partition coefficient (Wildman–Crippen LogP) is 2.24. The molecule has 0 amide bonds. The number of aliphatic hydroxyl groups excluding tert-OH is 1. The number of rotatable bonds is 0. The van der Waals surface area contributed by atoms with Crippen molar-refractivity contribution in [3.63, 3.8) is 0 Å². The Morgan fingerprint density at radius 1 is 1.21 bits per heavy atom. The molecule has 2 fully saturated rings. The van der Waals surface area contributed by atoms with Gasteiger partial charge in [-0.15, -0.1) is 0 Å². The first-order valence-corrected chi connectivity index (χ1v) is 5.70. The van der Waals surface area contributed by atoms with Gasteiger partial charge in [0.25, 0.3) is 0 Å². The summed E-state index contributed by atoms with van der Waals surface area (Å²) in [7, 11) is 0. The van der Waals surface area contributed by atoms with E-state index < -0.39 is 0 Å². The number of allylic oxidation sites excluding steroid dienone is 2. The number of hydrogen-bond donors (Lipinski definition) is 1. The highest BCUT2D eigenvalue weighted by atomic mass is 16.3. The molecule has 0 bridgehead atoms. The van der Waals surface area contributed by atoms with Crippen LogP contribution in [0, 0.1) is 5.92 Å². The van der Waals surface area contributed by atoms with Gasteiger partial charge in [-0.05, 0) is 44.8 Å². The molecule has 2 saturated heterocycles. The van der Waals surface area contributed by atoms with Crippen LogP contribution in [0.4, 0.5) is 0 Å². The maximum Gasteiger partial charge on any atom is 0.0972 e. The predicted molar refractivity (Wildman–Crippen MR) is 56.1 cm³/mol. The first kappa shape index (κ1) is 8.54. The van der Waals surface area contributed by atoms with E-state index in [0.29, 0.717) is 17.7 Å². The number of nitrogens with zero attached hydrogens (tertiary/aromatic N) is 1. The second-order valence-corrected chi connectivity index (χ2v) is 4.67. The molecule has 0 aromatic carbocycles. The average Bonchev–Trinajstić information content (AvgIpc) is 2.24. The fourth-order valence-electron chi connectivity index (χ4n) is 3.25. The van der Waals surface area contributed by atoms with Crippen molar-refractivity contribution in [2.75, 3.05) is 13.1 Å². The van der Waals surface area contributed by atoms with Gasteiger partial charge in [-0.1, -0.05) is 11.6 Å². The van der Waals surface area contributed by atoms with Crippen molar-refractivity contribution in [3.8, 4) is 0 Å². The zero-order valence-corrected chi connectivity index (χ0v) is 8.45. The molecule has 2 aliphatic heterocycles. The van der Waals surface area contributed by atoms with E-state index in [1.807, 2.05) is 6.08 Å². The van der Waals surface area contributed by atoms with Crippen molar-refractivity contribution < 1.29 is 5.11 Å². The lowest BCUT2D eigenvalue weighted by atomic mass is 9.76. The van der Waals surface area contributed by atoms with Gasteiger partial charge in [0.2, 0.25) is 0 Å². The molecule has 76 valence electrons. The van der Waals surface area contributed by atoms with Crippen molar-refractivity contribution in [2.45, 2.75) is 31.7 Å². The summed E-state index contributed by atoms with van der Waals surface area (Å²) in [6.07, 6.45) is 9.01. The van der Waals surface area contributed by atoms with Gasteiger partial charge in [0.15, 0.2) is 0 Å². The molecule has 2 nitrogen and oxygen atoms in total. The lowest BCUT2D eigenvalue weighted by Crippen LogP contribution is -2.50. The van der Waals surface area contributed by atoms with Crippen LogP contribution >= 0.6 is 0 Å². The largest absolute Gasteiger partial charge is 0.512 e. The van der Waals surface area contributed by atoms with E-state index in [-0.39, 0.29) is 0 Å². The first-order chi connectivity index (χ1) is 6.86. The Morgan fingerprint density at radius 2 is 2.07 bits per heavy atom. The molecule has 14 heavy (non-hydrogen) atoms. The van der Waals surface area contributed by atoms with Crippen LogP contribution in [0.1, 0.15) is 25.7 Å². The van der Waals surface area contributed by atoms with Gasteiger partial charge >= 0.3 is 0 Å². The van der Waals surface area contributed by atoms with Gasteiger partial charge < -0.3 is 5.11 Å². The Hall–Kier alpha value is -0.760. The molecule has 0 aromatic rings. The van der Waals surface area contributed by atoms with Crippen molar-refractivity contribution in [3.05, 3.63) is 23.5 Å². The van der Waals surface area contributed by atoms with Crippen LogP contribution in [0.5, 0.6) is 0 Å². The van der Waals surface area contributed by atoms with Gasteiger partial charge in [-0.3, -0.25) is 4.90 Å². The Kier molecular flexibility index (Phi) is 1.91. The summed E-state index contributed by atoms with van der Waals surface area (Å²) < 4.78 is 0. The zero-order chi connectivity index (χ0) is 9.54. The van der Waals surface area contributed by atoms with E-state index in [0.717, 1.165) is 0 Å². The SMILES string of the molecule is OC1=CC=C2CCCN3CCCC1C23. The van der Waals surface area contributed by atoms with Gasteiger partial charge in [-0.2, -0.15) is 0 Å². The molecule has 3 aliphatic rings. The molecule has 2 heterocycles. The highest BCUT2D eigenvalue weighted by molar-refractivity contribution is 5.31. The van der Waals surface area contributed by atoms with E-state index in [4.69, 9.17) is 0 Å². The Morgan fingerprint density at radius 3 is 3.00 bits per heavy atom. The third-order valence-corrected chi connectivity index (χ3v) is 3.87. The summed E-state index contributed by atoms with van der Waals surface area (Å²) in [6, 6.07) is 0.544. The molecule has 0 saturated carbocycles. The Bertz CT molecular complexity index is 303. The number of aliphatic hydroxyl groups is 1.